The van der Waals surface area contributed by atoms with Gasteiger partial charge in [0.2, 0.25) is 0 Å². The number of aryl methyl sites for hydroxylation is 1. The summed E-state index contributed by atoms with van der Waals surface area (Å²) in [7, 11) is 0. The van der Waals surface area contributed by atoms with Crippen LogP contribution < -0.4 is 5.32 Å². The maximum absolute atomic E-state index is 11.9. The monoisotopic (exact) mass is 245 g/mol. The minimum Gasteiger partial charge on any atom is -0.310 e. The molecule has 4 heteroatoms. The van der Waals surface area contributed by atoms with Crippen molar-refractivity contribution in [2.24, 2.45) is 0 Å². The summed E-state index contributed by atoms with van der Waals surface area (Å²) in [5.74, 6) is 0. The van der Waals surface area contributed by atoms with Crippen molar-refractivity contribution in [3.8, 4) is 0 Å². The normalized spacial score (nSPS) is 13.7. The molecule has 0 aliphatic heterocycles. The Balaban J connectivity index is 2.33. The largest absolute Gasteiger partial charge is 0.389 e. The summed E-state index contributed by atoms with van der Waals surface area (Å²) < 4.78 is 35.8. The molecule has 1 aromatic carbocycles. The zero-order valence-electron chi connectivity index (χ0n) is 10.1. The van der Waals surface area contributed by atoms with E-state index in [0.29, 0.717) is 6.54 Å². The lowest BCUT2D eigenvalue weighted by Gasteiger charge is -2.15. The highest BCUT2D eigenvalue weighted by Gasteiger charge is 2.25. The second-order valence-electron chi connectivity index (χ2n) is 4.31. The number of alkyl halides is 3. The van der Waals surface area contributed by atoms with Crippen LogP contribution >= 0.6 is 0 Å². The number of benzene rings is 1. The fraction of sp³-hybridized carbons (Fsp3) is 0.538. The molecule has 0 amide bonds. The molecule has 0 fully saturated rings. The zero-order valence-corrected chi connectivity index (χ0v) is 10.1. The average molecular weight is 245 g/mol. The zero-order chi connectivity index (χ0) is 12.9. The maximum atomic E-state index is 11.9. The highest BCUT2D eigenvalue weighted by molar-refractivity contribution is 5.24. The van der Waals surface area contributed by atoms with E-state index in [0.717, 1.165) is 11.1 Å². The summed E-state index contributed by atoms with van der Waals surface area (Å²) >= 11 is 0. The van der Waals surface area contributed by atoms with Gasteiger partial charge in [-0.15, -0.1) is 0 Å². The van der Waals surface area contributed by atoms with Crippen LogP contribution in [0.5, 0.6) is 0 Å². The molecule has 0 unspecified atom stereocenters. The van der Waals surface area contributed by atoms with Crippen LogP contribution in [0.2, 0.25) is 0 Å². The standard InChI is InChI=1S/C13H18F3N/c1-10-5-3-6-12(9-10)11(2)17-8-4-7-13(14,15)16/h3,5-6,9,11,17H,4,7-8H2,1-2H3/t11-/m0/s1. The third-order valence-electron chi connectivity index (χ3n) is 2.63. The average Bonchev–Trinajstić information content (AvgIpc) is 2.23. The van der Waals surface area contributed by atoms with Crippen LogP contribution in [0.1, 0.15) is 36.9 Å². The summed E-state index contributed by atoms with van der Waals surface area (Å²) in [4.78, 5) is 0. The fourth-order valence-electron chi connectivity index (χ4n) is 1.66. The lowest BCUT2D eigenvalue weighted by molar-refractivity contribution is -0.135. The first kappa shape index (κ1) is 14.0. The van der Waals surface area contributed by atoms with Crippen molar-refractivity contribution in [2.45, 2.75) is 38.9 Å². The van der Waals surface area contributed by atoms with Crippen LogP contribution in [0, 0.1) is 6.92 Å². The van der Waals surface area contributed by atoms with Crippen molar-refractivity contribution >= 4 is 0 Å². The molecule has 0 saturated carbocycles. The van der Waals surface area contributed by atoms with Gasteiger partial charge < -0.3 is 5.32 Å². The summed E-state index contributed by atoms with van der Waals surface area (Å²) in [5.41, 5.74) is 2.27. The van der Waals surface area contributed by atoms with Crippen molar-refractivity contribution in [3.63, 3.8) is 0 Å². The van der Waals surface area contributed by atoms with E-state index in [1.165, 1.54) is 0 Å². The van der Waals surface area contributed by atoms with Gasteiger partial charge in [-0.05, 0) is 32.4 Å². The van der Waals surface area contributed by atoms with E-state index in [2.05, 4.69) is 5.32 Å². The van der Waals surface area contributed by atoms with Crippen LogP contribution in [-0.4, -0.2) is 12.7 Å². The minimum atomic E-state index is -4.05. The summed E-state index contributed by atoms with van der Waals surface area (Å²) in [6, 6.07) is 8.07. The Morgan fingerprint density at radius 1 is 1.29 bits per heavy atom. The Hall–Kier alpha value is -1.03. The molecule has 96 valence electrons. The highest BCUT2D eigenvalue weighted by atomic mass is 19.4. The molecule has 0 bridgehead atoms. The van der Waals surface area contributed by atoms with Crippen molar-refractivity contribution < 1.29 is 13.2 Å². The molecule has 1 rings (SSSR count). The Morgan fingerprint density at radius 2 is 2.00 bits per heavy atom. The van der Waals surface area contributed by atoms with Crippen molar-refractivity contribution in [3.05, 3.63) is 35.4 Å². The Kier molecular flexibility index (Phi) is 5.00. The van der Waals surface area contributed by atoms with Gasteiger partial charge in [-0.25, -0.2) is 0 Å². The van der Waals surface area contributed by atoms with E-state index in [-0.39, 0.29) is 12.5 Å². The van der Waals surface area contributed by atoms with Gasteiger partial charge in [-0.3, -0.25) is 0 Å². The van der Waals surface area contributed by atoms with Gasteiger partial charge in [0.05, 0.1) is 0 Å². The first-order valence-corrected chi connectivity index (χ1v) is 5.75. The topological polar surface area (TPSA) is 12.0 Å². The first-order chi connectivity index (χ1) is 7.88. The van der Waals surface area contributed by atoms with Gasteiger partial charge in [0.15, 0.2) is 0 Å². The molecule has 0 radical (unpaired) electrons. The van der Waals surface area contributed by atoms with E-state index in [1.807, 2.05) is 38.1 Å². The number of halogens is 3. The molecule has 1 atom stereocenters. The first-order valence-electron chi connectivity index (χ1n) is 5.75. The number of hydrogen-bond donors (Lipinski definition) is 1. The highest BCUT2D eigenvalue weighted by Crippen LogP contribution is 2.21. The molecule has 0 aliphatic carbocycles. The molecule has 0 aliphatic rings. The number of rotatable bonds is 5. The summed E-state index contributed by atoms with van der Waals surface area (Å²) in [6.45, 7) is 4.34. The Bertz CT molecular complexity index is 347. The summed E-state index contributed by atoms with van der Waals surface area (Å²) in [5, 5.41) is 3.10. The molecule has 1 nitrogen and oxygen atoms in total. The lowest BCUT2D eigenvalue weighted by Crippen LogP contribution is -2.21. The SMILES string of the molecule is Cc1cccc([C@H](C)NCCCC(F)(F)F)c1. The molecule has 0 saturated heterocycles. The van der Waals surface area contributed by atoms with Crippen LogP contribution in [-0.2, 0) is 0 Å². The Labute approximate surface area is 100 Å². The second kappa shape index (κ2) is 6.05. The smallest absolute Gasteiger partial charge is 0.310 e. The Morgan fingerprint density at radius 3 is 2.59 bits per heavy atom. The fourth-order valence-corrected chi connectivity index (χ4v) is 1.66. The van der Waals surface area contributed by atoms with Gasteiger partial charge in [-0.2, -0.15) is 13.2 Å². The van der Waals surface area contributed by atoms with E-state index in [1.54, 1.807) is 0 Å². The third-order valence-corrected chi connectivity index (χ3v) is 2.63. The molecule has 17 heavy (non-hydrogen) atoms. The van der Waals surface area contributed by atoms with E-state index >= 15 is 0 Å². The molecular formula is C13H18F3N. The molecule has 0 heterocycles. The predicted octanol–water partition coefficient (Wildman–Crippen LogP) is 3.99. The molecule has 0 spiro atoms. The molecule has 0 aromatic heterocycles. The number of nitrogens with one attached hydrogen (secondary N) is 1. The molecular weight excluding hydrogens is 227 g/mol. The van der Waals surface area contributed by atoms with Crippen molar-refractivity contribution in [1.29, 1.82) is 0 Å². The van der Waals surface area contributed by atoms with Crippen LogP contribution in [0.15, 0.2) is 24.3 Å². The third kappa shape index (κ3) is 5.73. The van der Waals surface area contributed by atoms with E-state index in [4.69, 9.17) is 0 Å². The lowest BCUT2D eigenvalue weighted by atomic mass is 10.1. The van der Waals surface area contributed by atoms with Crippen molar-refractivity contribution in [1.82, 2.24) is 5.32 Å². The van der Waals surface area contributed by atoms with Gasteiger partial charge >= 0.3 is 6.18 Å². The predicted molar refractivity (Wildman–Crippen MR) is 62.9 cm³/mol. The maximum Gasteiger partial charge on any atom is 0.389 e. The summed E-state index contributed by atoms with van der Waals surface area (Å²) in [6.07, 6.45) is -4.64. The quantitative estimate of drug-likeness (QED) is 0.773. The number of hydrogen-bond acceptors (Lipinski definition) is 1. The molecule has 1 N–H and O–H groups in total. The van der Waals surface area contributed by atoms with Gasteiger partial charge in [0, 0.05) is 12.5 Å². The van der Waals surface area contributed by atoms with E-state index < -0.39 is 12.6 Å². The molecule has 1 aromatic rings. The minimum absolute atomic E-state index is 0.0862. The van der Waals surface area contributed by atoms with Crippen LogP contribution in [0.25, 0.3) is 0 Å². The van der Waals surface area contributed by atoms with Gasteiger partial charge in [0.1, 0.15) is 0 Å². The van der Waals surface area contributed by atoms with Crippen LogP contribution in [0.3, 0.4) is 0 Å². The van der Waals surface area contributed by atoms with Gasteiger partial charge in [0.25, 0.3) is 0 Å². The van der Waals surface area contributed by atoms with Crippen molar-refractivity contribution in [2.75, 3.05) is 6.54 Å². The van der Waals surface area contributed by atoms with E-state index in [9.17, 15) is 13.2 Å². The van der Waals surface area contributed by atoms with Gasteiger partial charge in [-0.1, -0.05) is 29.8 Å². The second-order valence-corrected chi connectivity index (χ2v) is 4.31. The van der Waals surface area contributed by atoms with Crippen LogP contribution in [0.4, 0.5) is 13.2 Å².